The van der Waals surface area contributed by atoms with Crippen LogP contribution in [-0.4, -0.2) is 41.6 Å². The van der Waals surface area contributed by atoms with Gasteiger partial charge in [0, 0.05) is 5.56 Å². The number of nitrogens with zero attached hydrogens (tertiary/aromatic N) is 3. The van der Waals surface area contributed by atoms with Gasteiger partial charge in [-0.3, -0.25) is 9.59 Å². The van der Waals surface area contributed by atoms with Crippen molar-refractivity contribution in [2.75, 3.05) is 6.61 Å². The first-order chi connectivity index (χ1) is 10.7. The van der Waals surface area contributed by atoms with Crippen LogP contribution in [-0.2, 0) is 14.3 Å². The van der Waals surface area contributed by atoms with E-state index in [1.807, 2.05) is 31.2 Å². The summed E-state index contributed by atoms with van der Waals surface area (Å²) in [5.74, 6) is -0.169. The van der Waals surface area contributed by atoms with Gasteiger partial charge in [0.05, 0.1) is 25.1 Å². The highest BCUT2D eigenvalue weighted by Gasteiger charge is 2.36. The number of hydrazone groups is 1. The van der Waals surface area contributed by atoms with Crippen molar-refractivity contribution < 1.29 is 14.3 Å². The molecule has 7 heteroatoms. The van der Waals surface area contributed by atoms with Crippen molar-refractivity contribution in [3.8, 4) is 0 Å². The molecule has 0 saturated carbocycles. The molecule has 0 radical (unpaired) electrons. The lowest BCUT2D eigenvalue weighted by atomic mass is 10.1. The van der Waals surface area contributed by atoms with Gasteiger partial charge in [-0.15, -0.1) is 0 Å². The number of rotatable bonds is 4. The zero-order valence-corrected chi connectivity index (χ0v) is 12.2. The van der Waals surface area contributed by atoms with E-state index < -0.39 is 12.0 Å². The van der Waals surface area contributed by atoms with E-state index in [0.29, 0.717) is 12.4 Å². The predicted molar refractivity (Wildman–Crippen MR) is 80.8 cm³/mol. The average molecular weight is 300 g/mol. The van der Waals surface area contributed by atoms with Crippen LogP contribution in [0.25, 0.3) is 0 Å². The maximum atomic E-state index is 12.0. The molecule has 0 aliphatic carbocycles. The molecule has 1 aromatic rings. The maximum Gasteiger partial charge on any atom is 0.308 e. The van der Waals surface area contributed by atoms with Gasteiger partial charge in [-0.1, -0.05) is 19.1 Å². The second-order valence-electron chi connectivity index (χ2n) is 5.02. The molecule has 0 bridgehead atoms. The van der Waals surface area contributed by atoms with Crippen LogP contribution in [0.1, 0.15) is 25.3 Å². The van der Waals surface area contributed by atoms with E-state index in [4.69, 9.17) is 4.74 Å². The average Bonchev–Trinajstić information content (AvgIpc) is 2.55. The summed E-state index contributed by atoms with van der Waals surface area (Å²) in [6.45, 7) is 2.27. The van der Waals surface area contributed by atoms with Gasteiger partial charge in [-0.2, -0.15) is 5.10 Å². The summed E-state index contributed by atoms with van der Waals surface area (Å²) in [5.41, 5.74) is 4.07. The molecule has 2 aliphatic rings. The first kappa shape index (κ1) is 14.2. The standard InChI is InChI=1S/C15H16N4O3/c1-2-7-22-13(20)8-12-15(21)18-17-14-10-5-3-4-6-11(10)16-9-19(12)14/h3-6,9,12H,2,7-8H2,1H3,(H,18,21). The van der Waals surface area contributed by atoms with Gasteiger partial charge in [0.15, 0.2) is 5.84 Å². The highest BCUT2D eigenvalue weighted by molar-refractivity contribution is 6.14. The molecular weight excluding hydrogens is 284 g/mol. The number of esters is 1. The van der Waals surface area contributed by atoms with Crippen LogP contribution < -0.4 is 5.43 Å². The number of nitrogens with one attached hydrogen (secondary N) is 1. The molecule has 114 valence electrons. The number of hydrogen-bond donors (Lipinski definition) is 1. The van der Waals surface area contributed by atoms with E-state index in [1.165, 1.54) is 6.34 Å². The van der Waals surface area contributed by atoms with Crippen LogP contribution >= 0.6 is 0 Å². The van der Waals surface area contributed by atoms with Crippen LogP contribution in [0.5, 0.6) is 0 Å². The van der Waals surface area contributed by atoms with E-state index >= 15 is 0 Å². The van der Waals surface area contributed by atoms with Crippen LogP contribution in [0.4, 0.5) is 5.69 Å². The number of amides is 1. The molecular formula is C15H16N4O3. The predicted octanol–water partition coefficient (Wildman–Crippen LogP) is 1.17. The van der Waals surface area contributed by atoms with Gasteiger partial charge in [-0.05, 0) is 18.6 Å². The van der Waals surface area contributed by atoms with E-state index in [1.54, 1.807) is 4.90 Å². The second-order valence-corrected chi connectivity index (χ2v) is 5.02. The normalized spacial score (nSPS) is 19.0. The summed E-state index contributed by atoms with van der Waals surface area (Å²) >= 11 is 0. The smallest absolute Gasteiger partial charge is 0.308 e. The zero-order chi connectivity index (χ0) is 15.5. The van der Waals surface area contributed by atoms with Gasteiger partial charge in [0.1, 0.15) is 6.04 Å². The van der Waals surface area contributed by atoms with Crippen molar-refractivity contribution in [1.82, 2.24) is 10.3 Å². The second kappa shape index (κ2) is 5.97. The number of benzene rings is 1. The Morgan fingerprint density at radius 3 is 3.05 bits per heavy atom. The van der Waals surface area contributed by atoms with Gasteiger partial charge < -0.3 is 9.64 Å². The van der Waals surface area contributed by atoms with Crippen molar-refractivity contribution in [2.24, 2.45) is 10.1 Å². The van der Waals surface area contributed by atoms with E-state index in [-0.39, 0.29) is 12.3 Å². The highest BCUT2D eigenvalue weighted by Crippen LogP contribution is 2.27. The number of amidine groups is 1. The van der Waals surface area contributed by atoms with Crippen LogP contribution in [0.15, 0.2) is 34.4 Å². The van der Waals surface area contributed by atoms with Crippen molar-refractivity contribution >= 4 is 29.7 Å². The van der Waals surface area contributed by atoms with Crippen LogP contribution in [0, 0.1) is 0 Å². The Kier molecular flexibility index (Phi) is 3.86. The molecule has 1 unspecified atom stereocenters. The quantitative estimate of drug-likeness (QED) is 0.846. The van der Waals surface area contributed by atoms with Crippen LogP contribution in [0.2, 0.25) is 0 Å². The van der Waals surface area contributed by atoms with Gasteiger partial charge in [-0.25, -0.2) is 10.4 Å². The number of fused-ring (bicyclic) bond motifs is 3. The van der Waals surface area contributed by atoms with E-state index in [2.05, 4.69) is 15.5 Å². The number of aliphatic imine (C=N–C) groups is 1. The minimum absolute atomic E-state index is 0.0426. The Labute approximate surface area is 127 Å². The minimum atomic E-state index is -0.700. The van der Waals surface area contributed by atoms with Crippen molar-refractivity contribution in [3.05, 3.63) is 29.8 Å². The SMILES string of the molecule is CCCOC(=O)CC1C(=O)NN=C2c3ccccc3N=CN21. The molecule has 1 amide bonds. The molecule has 0 spiro atoms. The Bertz CT molecular complexity index is 669. The molecule has 2 aliphatic heterocycles. The van der Waals surface area contributed by atoms with Crippen molar-refractivity contribution in [2.45, 2.75) is 25.8 Å². The fourth-order valence-electron chi connectivity index (χ4n) is 2.37. The number of para-hydroxylation sites is 1. The topological polar surface area (TPSA) is 83.4 Å². The zero-order valence-electron chi connectivity index (χ0n) is 12.2. The van der Waals surface area contributed by atoms with Gasteiger partial charge in [0.25, 0.3) is 5.91 Å². The van der Waals surface area contributed by atoms with Crippen molar-refractivity contribution in [3.63, 3.8) is 0 Å². The fraction of sp³-hybridized carbons (Fsp3) is 0.333. The molecule has 3 rings (SSSR count). The summed E-state index contributed by atoms with van der Waals surface area (Å²) in [7, 11) is 0. The summed E-state index contributed by atoms with van der Waals surface area (Å²) < 4.78 is 5.06. The molecule has 22 heavy (non-hydrogen) atoms. The first-order valence-electron chi connectivity index (χ1n) is 7.16. The Balaban J connectivity index is 1.84. The summed E-state index contributed by atoms with van der Waals surface area (Å²) in [4.78, 5) is 29.8. The minimum Gasteiger partial charge on any atom is -0.466 e. The van der Waals surface area contributed by atoms with E-state index in [9.17, 15) is 9.59 Å². The van der Waals surface area contributed by atoms with Gasteiger partial charge >= 0.3 is 5.97 Å². The summed E-state index contributed by atoms with van der Waals surface area (Å²) in [5, 5.41) is 4.09. The number of carbonyl (C=O) groups excluding carboxylic acids is 2. The lowest BCUT2D eigenvalue weighted by molar-refractivity contribution is -0.146. The third kappa shape index (κ3) is 2.57. The molecule has 0 saturated heterocycles. The Hall–Kier alpha value is -2.70. The summed E-state index contributed by atoms with van der Waals surface area (Å²) in [6.07, 6.45) is 2.24. The Morgan fingerprint density at radius 1 is 1.41 bits per heavy atom. The van der Waals surface area contributed by atoms with Gasteiger partial charge in [0.2, 0.25) is 0 Å². The molecule has 0 fully saturated rings. The third-order valence-corrected chi connectivity index (χ3v) is 3.45. The monoisotopic (exact) mass is 300 g/mol. The number of carbonyl (C=O) groups is 2. The number of hydrogen-bond acceptors (Lipinski definition) is 6. The summed E-state index contributed by atoms with van der Waals surface area (Å²) in [6, 6.07) is 6.80. The molecule has 0 aromatic heterocycles. The maximum absolute atomic E-state index is 12.0. The molecule has 2 heterocycles. The molecule has 1 N–H and O–H groups in total. The van der Waals surface area contributed by atoms with Crippen LogP contribution in [0.3, 0.4) is 0 Å². The van der Waals surface area contributed by atoms with E-state index in [0.717, 1.165) is 17.7 Å². The Morgan fingerprint density at radius 2 is 2.23 bits per heavy atom. The molecule has 7 nitrogen and oxygen atoms in total. The molecule has 1 aromatic carbocycles. The van der Waals surface area contributed by atoms with Crippen molar-refractivity contribution in [1.29, 1.82) is 0 Å². The highest BCUT2D eigenvalue weighted by atomic mass is 16.5. The fourth-order valence-corrected chi connectivity index (χ4v) is 2.37. The third-order valence-electron chi connectivity index (χ3n) is 3.45. The number of ether oxygens (including phenoxy) is 1. The first-order valence-corrected chi connectivity index (χ1v) is 7.16. The lowest BCUT2D eigenvalue weighted by Gasteiger charge is -2.34. The largest absolute Gasteiger partial charge is 0.466 e. The lowest BCUT2D eigenvalue weighted by Crippen LogP contribution is -2.54. The molecule has 1 atom stereocenters.